The highest BCUT2D eigenvalue weighted by Gasteiger charge is 2.53. The molecular formula is C14H22N2O3. The highest BCUT2D eigenvalue weighted by molar-refractivity contribution is 5.86. The molecule has 2 heterocycles. The number of carbonyl (C=O) groups excluding carboxylic acids is 1. The Hall–Kier alpha value is -1.12. The van der Waals surface area contributed by atoms with Gasteiger partial charge in [-0.25, -0.2) is 0 Å². The summed E-state index contributed by atoms with van der Waals surface area (Å²) in [6.45, 7) is 7.34. The van der Waals surface area contributed by atoms with E-state index in [9.17, 15) is 15.2 Å². The summed E-state index contributed by atoms with van der Waals surface area (Å²) in [6, 6.07) is 2.20. The van der Waals surface area contributed by atoms with Crippen LogP contribution in [0.25, 0.3) is 0 Å². The minimum Gasteiger partial charge on any atom is -0.388 e. The summed E-state index contributed by atoms with van der Waals surface area (Å²) in [5.74, 6) is -0.149. The Bertz CT molecular complexity index is 401. The summed E-state index contributed by atoms with van der Waals surface area (Å²) >= 11 is 0. The Morgan fingerprint density at radius 2 is 1.84 bits per heavy atom. The van der Waals surface area contributed by atoms with Gasteiger partial charge in [0, 0.05) is 31.7 Å². The van der Waals surface area contributed by atoms with Crippen LogP contribution in [0.15, 0.2) is 0 Å². The van der Waals surface area contributed by atoms with Crippen LogP contribution in [0.1, 0.15) is 33.6 Å². The van der Waals surface area contributed by atoms with E-state index < -0.39 is 11.0 Å². The number of carbonyl (C=O) groups is 1. The van der Waals surface area contributed by atoms with Crippen molar-refractivity contribution >= 4 is 5.91 Å². The van der Waals surface area contributed by atoms with E-state index in [-0.39, 0.29) is 11.3 Å². The molecule has 1 amide bonds. The van der Waals surface area contributed by atoms with E-state index in [1.807, 2.05) is 13.8 Å². The van der Waals surface area contributed by atoms with Crippen molar-refractivity contribution in [2.45, 2.75) is 39.2 Å². The molecule has 2 aliphatic heterocycles. The Labute approximate surface area is 114 Å². The average molecular weight is 266 g/mol. The maximum absolute atomic E-state index is 12.7. The van der Waals surface area contributed by atoms with E-state index in [2.05, 4.69) is 6.07 Å². The van der Waals surface area contributed by atoms with Gasteiger partial charge >= 0.3 is 0 Å². The maximum atomic E-state index is 12.7. The van der Waals surface area contributed by atoms with Gasteiger partial charge in [0.25, 0.3) is 0 Å². The molecule has 2 aliphatic rings. The zero-order chi connectivity index (χ0) is 14.3. The summed E-state index contributed by atoms with van der Waals surface area (Å²) in [5.41, 5.74) is -2.23. The molecule has 2 saturated heterocycles. The second-order valence-corrected chi connectivity index (χ2v) is 6.63. The fourth-order valence-corrected chi connectivity index (χ4v) is 2.83. The lowest BCUT2D eigenvalue weighted by Gasteiger charge is -2.33. The van der Waals surface area contributed by atoms with Crippen LogP contribution in [0.5, 0.6) is 0 Å². The Balaban J connectivity index is 2.19. The Morgan fingerprint density at radius 3 is 2.26 bits per heavy atom. The first-order chi connectivity index (χ1) is 8.74. The van der Waals surface area contributed by atoms with Crippen LogP contribution in [-0.2, 0) is 9.53 Å². The number of nitriles is 1. The zero-order valence-corrected chi connectivity index (χ0v) is 11.9. The van der Waals surface area contributed by atoms with Gasteiger partial charge in [-0.1, -0.05) is 13.8 Å². The number of aliphatic hydroxyl groups is 1. The second-order valence-electron chi connectivity index (χ2n) is 6.63. The molecule has 0 spiro atoms. The van der Waals surface area contributed by atoms with Gasteiger partial charge in [0.2, 0.25) is 5.91 Å². The third kappa shape index (κ3) is 2.24. The molecule has 1 N–H and O–H groups in total. The number of likely N-dealkylation sites (tertiary alicyclic amines) is 1. The molecule has 0 aromatic rings. The van der Waals surface area contributed by atoms with Crippen LogP contribution in [0.4, 0.5) is 0 Å². The Morgan fingerprint density at radius 1 is 1.26 bits per heavy atom. The molecule has 1 unspecified atom stereocenters. The largest absolute Gasteiger partial charge is 0.388 e. The lowest BCUT2D eigenvalue weighted by molar-refractivity contribution is -0.143. The van der Waals surface area contributed by atoms with Crippen molar-refractivity contribution in [2.75, 3.05) is 26.3 Å². The maximum Gasteiger partial charge on any atom is 0.243 e. The predicted molar refractivity (Wildman–Crippen MR) is 69.1 cm³/mol. The fraction of sp³-hybridized carbons (Fsp3) is 0.857. The third-order valence-electron chi connectivity index (χ3n) is 4.80. The van der Waals surface area contributed by atoms with E-state index in [0.29, 0.717) is 39.1 Å². The van der Waals surface area contributed by atoms with Crippen LogP contribution >= 0.6 is 0 Å². The number of hydrogen-bond acceptors (Lipinski definition) is 4. The molecule has 0 bridgehead atoms. The van der Waals surface area contributed by atoms with Crippen LogP contribution in [0.3, 0.4) is 0 Å². The van der Waals surface area contributed by atoms with Gasteiger partial charge in [-0.3, -0.25) is 4.79 Å². The SMILES string of the molecule is CC1(C)CN(C(=O)C2(C#N)CCOCC2)CC1(C)O. The van der Waals surface area contributed by atoms with Crippen molar-refractivity contribution in [1.29, 1.82) is 5.26 Å². The molecule has 2 rings (SSSR count). The fourth-order valence-electron chi connectivity index (χ4n) is 2.83. The lowest BCUT2D eigenvalue weighted by Crippen LogP contribution is -2.46. The number of nitrogens with zero attached hydrogens (tertiary/aromatic N) is 2. The molecule has 0 saturated carbocycles. The van der Waals surface area contributed by atoms with Crippen molar-refractivity contribution < 1.29 is 14.6 Å². The minimum atomic E-state index is -0.964. The Kier molecular flexibility index (Phi) is 3.36. The van der Waals surface area contributed by atoms with Crippen LogP contribution in [0.2, 0.25) is 0 Å². The topological polar surface area (TPSA) is 73.6 Å². The average Bonchev–Trinajstić information content (AvgIpc) is 2.58. The predicted octanol–water partition coefficient (Wildman–Crippen LogP) is 0.926. The number of hydrogen-bond donors (Lipinski definition) is 1. The van der Waals surface area contributed by atoms with Gasteiger partial charge in [-0.05, 0) is 19.8 Å². The summed E-state index contributed by atoms with van der Waals surface area (Å²) in [7, 11) is 0. The monoisotopic (exact) mass is 266 g/mol. The molecule has 5 heteroatoms. The highest BCUT2D eigenvalue weighted by atomic mass is 16.5. The first-order valence-corrected chi connectivity index (χ1v) is 6.75. The van der Waals surface area contributed by atoms with E-state index in [4.69, 9.17) is 4.74 Å². The molecule has 0 aliphatic carbocycles. The van der Waals surface area contributed by atoms with Gasteiger partial charge in [0.1, 0.15) is 5.41 Å². The van der Waals surface area contributed by atoms with Crippen LogP contribution in [-0.4, -0.2) is 47.8 Å². The van der Waals surface area contributed by atoms with Crippen molar-refractivity contribution in [3.8, 4) is 6.07 Å². The van der Waals surface area contributed by atoms with Gasteiger partial charge in [-0.15, -0.1) is 0 Å². The standard InChI is InChI=1S/C14H22N2O3/c1-12(2)9-16(10-13(12,3)18)11(17)14(8-15)4-6-19-7-5-14/h18H,4-7,9-10H2,1-3H3. The van der Waals surface area contributed by atoms with Crippen molar-refractivity contribution in [3.63, 3.8) is 0 Å². The molecule has 5 nitrogen and oxygen atoms in total. The quantitative estimate of drug-likeness (QED) is 0.766. The van der Waals surface area contributed by atoms with E-state index in [1.54, 1.807) is 11.8 Å². The van der Waals surface area contributed by atoms with Crippen LogP contribution < -0.4 is 0 Å². The van der Waals surface area contributed by atoms with Crippen LogP contribution in [0, 0.1) is 22.2 Å². The third-order valence-corrected chi connectivity index (χ3v) is 4.80. The molecule has 106 valence electrons. The summed E-state index contributed by atoms with van der Waals surface area (Å²) in [6.07, 6.45) is 0.892. The van der Waals surface area contributed by atoms with Crippen molar-refractivity contribution in [3.05, 3.63) is 0 Å². The minimum absolute atomic E-state index is 0.149. The lowest BCUT2D eigenvalue weighted by atomic mass is 9.79. The number of rotatable bonds is 1. The van der Waals surface area contributed by atoms with E-state index in [0.717, 1.165) is 0 Å². The highest BCUT2D eigenvalue weighted by Crippen LogP contribution is 2.41. The number of β-amino-alcohol motifs (C(OH)–C–C–N with tert-alkyl or cyclic N) is 1. The molecule has 0 aromatic heterocycles. The first kappa shape index (κ1) is 14.3. The van der Waals surface area contributed by atoms with Crippen molar-refractivity contribution in [2.24, 2.45) is 10.8 Å². The molecule has 0 radical (unpaired) electrons. The van der Waals surface area contributed by atoms with Gasteiger partial charge in [0.05, 0.1) is 11.7 Å². The smallest absolute Gasteiger partial charge is 0.243 e. The second kappa shape index (κ2) is 4.46. The van der Waals surface area contributed by atoms with Gasteiger partial charge in [-0.2, -0.15) is 5.26 Å². The van der Waals surface area contributed by atoms with E-state index >= 15 is 0 Å². The summed E-state index contributed by atoms with van der Waals surface area (Å²) < 4.78 is 5.25. The van der Waals surface area contributed by atoms with E-state index in [1.165, 1.54) is 0 Å². The summed E-state index contributed by atoms with van der Waals surface area (Å²) in [5, 5.41) is 19.8. The van der Waals surface area contributed by atoms with Gasteiger partial charge < -0.3 is 14.7 Å². The summed E-state index contributed by atoms with van der Waals surface area (Å²) in [4.78, 5) is 14.3. The molecular weight excluding hydrogens is 244 g/mol. The zero-order valence-electron chi connectivity index (χ0n) is 11.9. The first-order valence-electron chi connectivity index (χ1n) is 6.75. The number of amides is 1. The molecule has 19 heavy (non-hydrogen) atoms. The molecule has 1 atom stereocenters. The normalized spacial score (nSPS) is 32.9. The van der Waals surface area contributed by atoms with Gasteiger partial charge in [0.15, 0.2) is 0 Å². The molecule has 2 fully saturated rings. The number of ether oxygens (including phenoxy) is 1. The van der Waals surface area contributed by atoms with Crippen molar-refractivity contribution in [1.82, 2.24) is 4.90 Å². The molecule has 0 aromatic carbocycles.